The number of anilines is 1. The highest BCUT2D eigenvalue weighted by Gasteiger charge is 2.14. The van der Waals surface area contributed by atoms with E-state index in [2.05, 4.69) is 15.4 Å². The molecule has 0 unspecified atom stereocenters. The molecule has 0 bridgehead atoms. The van der Waals surface area contributed by atoms with Crippen LogP contribution in [0, 0.1) is 6.92 Å². The van der Waals surface area contributed by atoms with Gasteiger partial charge < -0.3 is 15.8 Å². The highest BCUT2D eigenvalue weighted by Crippen LogP contribution is 2.12. The second kappa shape index (κ2) is 6.70. The topological polar surface area (TPSA) is 112 Å². The zero-order valence-electron chi connectivity index (χ0n) is 12.4. The van der Waals surface area contributed by atoms with Gasteiger partial charge in [0.1, 0.15) is 0 Å². The number of nitrogens with zero attached hydrogens (tertiary/aromatic N) is 3. The average Bonchev–Trinajstić information content (AvgIpc) is 2.85. The molecular weight excluding hydrogens is 286 g/mol. The fourth-order valence-electron chi connectivity index (χ4n) is 1.80. The molecule has 0 spiro atoms. The Morgan fingerprint density at radius 1 is 1.45 bits per heavy atom. The highest BCUT2D eigenvalue weighted by molar-refractivity contribution is 5.96. The Balaban J connectivity index is 2.13. The number of amides is 1. The van der Waals surface area contributed by atoms with Crippen molar-refractivity contribution in [2.45, 2.75) is 20.4 Å². The highest BCUT2D eigenvalue weighted by atomic mass is 16.5. The van der Waals surface area contributed by atoms with E-state index < -0.39 is 6.09 Å². The summed E-state index contributed by atoms with van der Waals surface area (Å²) in [4.78, 5) is 27.7. The molecule has 2 heterocycles. The van der Waals surface area contributed by atoms with Crippen LogP contribution in [0.2, 0.25) is 0 Å². The molecule has 116 valence electrons. The summed E-state index contributed by atoms with van der Waals surface area (Å²) in [6.45, 7) is 3.89. The van der Waals surface area contributed by atoms with E-state index in [1.54, 1.807) is 26.0 Å². The summed E-state index contributed by atoms with van der Waals surface area (Å²) >= 11 is 0. The van der Waals surface area contributed by atoms with Gasteiger partial charge in [-0.1, -0.05) is 0 Å². The fraction of sp³-hybridized carbons (Fsp3) is 0.286. The Morgan fingerprint density at radius 2 is 2.23 bits per heavy atom. The summed E-state index contributed by atoms with van der Waals surface area (Å²) in [6.07, 6.45) is 2.40. The first-order valence-corrected chi connectivity index (χ1v) is 6.73. The molecule has 8 nitrogen and oxygen atoms in total. The zero-order valence-corrected chi connectivity index (χ0v) is 12.4. The monoisotopic (exact) mass is 303 g/mol. The van der Waals surface area contributed by atoms with Crippen LogP contribution in [-0.2, 0) is 11.3 Å². The quantitative estimate of drug-likeness (QED) is 0.874. The Morgan fingerprint density at radius 3 is 2.86 bits per heavy atom. The number of carbonyl (C=O) groups excluding carboxylic acids is 2. The van der Waals surface area contributed by atoms with Gasteiger partial charge in [0.05, 0.1) is 36.4 Å². The maximum absolute atomic E-state index is 12.4. The Labute approximate surface area is 127 Å². The maximum atomic E-state index is 12.4. The summed E-state index contributed by atoms with van der Waals surface area (Å²) in [5, 5.41) is 6.50. The predicted molar refractivity (Wildman–Crippen MR) is 79.2 cm³/mol. The summed E-state index contributed by atoms with van der Waals surface area (Å²) in [5.74, 6) is -0.311. The molecule has 8 heteroatoms. The van der Waals surface area contributed by atoms with Gasteiger partial charge in [0, 0.05) is 11.8 Å². The largest absolute Gasteiger partial charge is 0.450 e. The number of hydrogen-bond acceptors (Lipinski definition) is 6. The molecule has 0 atom stereocenters. The van der Waals surface area contributed by atoms with Crippen LogP contribution in [-0.4, -0.2) is 33.4 Å². The van der Waals surface area contributed by atoms with Crippen molar-refractivity contribution < 1.29 is 14.3 Å². The lowest BCUT2D eigenvalue weighted by molar-refractivity contribution is 0.0942. The minimum absolute atomic E-state index is 0.167. The summed E-state index contributed by atoms with van der Waals surface area (Å²) < 4.78 is 5.99. The maximum Gasteiger partial charge on any atom is 0.407 e. The molecule has 0 aliphatic carbocycles. The van der Waals surface area contributed by atoms with Gasteiger partial charge in [-0.2, -0.15) is 9.78 Å². The van der Waals surface area contributed by atoms with Crippen LogP contribution < -0.4 is 11.1 Å². The summed E-state index contributed by atoms with van der Waals surface area (Å²) in [5.41, 5.74) is 7.66. The van der Waals surface area contributed by atoms with Gasteiger partial charge in [-0.3, -0.25) is 9.78 Å². The van der Waals surface area contributed by atoms with Gasteiger partial charge in [0.2, 0.25) is 0 Å². The van der Waals surface area contributed by atoms with E-state index in [0.717, 1.165) is 0 Å². The second-order valence-corrected chi connectivity index (χ2v) is 4.51. The van der Waals surface area contributed by atoms with E-state index in [1.165, 1.54) is 17.1 Å². The van der Waals surface area contributed by atoms with Crippen molar-refractivity contribution in [2.75, 3.05) is 12.3 Å². The van der Waals surface area contributed by atoms with E-state index in [1.807, 2.05) is 0 Å². The van der Waals surface area contributed by atoms with Crippen molar-refractivity contribution in [1.29, 1.82) is 0 Å². The summed E-state index contributed by atoms with van der Waals surface area (Å²) in [6, 6.07) is 3.17. The first-order valence-electron chi connectivity index (χ1n) is 6.73. The number of alkyl carbamates (subject to hydrolysis) is 1. The number of nitrogens with two attached hydrogens (primary N) is 1. The van der Waals surface area contributed by atoms with Crippen molar-refractivity contribution in [2.24, 2.45) is 0 Å². The van der Waals surface area contributed by atoms with Crippen LogP contribution in [0.15, 0.2) is 24.5 Å². The Kier molecular flexibility index (Phi) is 4.72. The standard InChI is InChI=1S/C14H17N5O3/c1-3-22-14(21)17-7-11-6-10(4-5-16-11)13(20)19-9(2)12(15)8-18-19/h4-6,8H,3,7,15H2,1-2H3,(H,17,21). The van der Waals surface area contributed by atoms with Crippen LogP contribution in [0.3, 0.4) is 0 Å². The molecule has 22 heavy (non-hydrogen) atoms. The number of aromatic nitrogens is 3. The lowest BCUT2D eigenvalue weighted by Crippen LogP contribution is -2.24. The number of ether oxygens (including phenoxy) is 1. The molecule has 2 aromatic rings. The van der Waals surface area contributed by atoms with Crippen molar-refractivity contribution in [3.05, 3.63) is 41.5 Å². The van der Waals surface area contributed by atoms with Crippen LogP contribution in [0.25, 0.3) is 0 Å². The molecule has 0 aliphatic rings. The van der Waals surface area contributed by atoms with Gasteiger partial charge in [-0.15, -0.1) is 0 Å². The smallest absolute Gasteiger partial charge is 0.407 e. The first kappa shape index (κ1) is 15.5. The van der Waals surface area contributed by atoms with E-state index >= 15 is 0 Å². The van der Waals surface area contributed by atoms with Gasteiger partial charge in [-0.25, -0.2) is 4.79 Å². The lowest BCUT2D eigenvalue weighted by atomic mass is 10.2. The zero-order chi connectivity index (χ0) is 16.1. The lowest BCUT2D eigenvalue weighted by Gasteiger charge is -2.07. The third-order valence-electron chi connectivity index (χ3n) is 2.99. The molecule has 0 radical (unpaired) electrons. The molecule has 0 aromatic carbocycles. The molecule has 0 saturated carbocycles. The van der Waals surface area contributed by atoms with Crippen molar-refractivity contribution in [1.82, 2.24) is 20.1 Å². The summed E-state index contributed by atoms with van der Waals surface area (Å²) in [7, 11) is 0. The van der Waals surface area contributed by atoms with Gasteiger partial charge in [0.25, 0.3) is 5.91 Å². The predicted octanol–water partition coefficient (Wildman–Crippen LogP) is 1.10. The number of nitrogens with one attached hydrogen (secondary N) is 1. The minimum atomic E-state index is -0.531. The van der Waals surface area contributed by atoms with Crippen LogP contribution in [0.1, 0.15) is 28.7 Å². The van der Waals surface area contributed by atoms with Gasteiger partial charge in [0.15, 0.2) is 0 Å². The molecule has 0 fully saturated rings. The van der Waals surface area contributed by atoms with Gasteiger partial charge in [-0.05, 0) is 26.0 Å². The Hall–Kier alpha value is -2.90. The third-order valence-corrected chi connectivity index (χ3v) is 2.99. The molecule has 0 saturated heterocycles. The minimum Gasteiger partial charge on any atom is -0.450 e. The van der Waals surface area contributed by atoms with Crippen molar-refractivity contribution in [3.63, 3.8) is 0 Å². The van der Waals surface area contributed by atoms with Crippen LogP contribution >= 0.6 is 0 Å². The second-order valence-electron chi connectivity index (χ2n) is 4.51. The van der Waals surface area contributed by atoms with Crippen LogP contribution in [0.4, 0.5) is 10.5 Å². The van der Waals surface area contributed by atoms with E-state index in [4.69, 9.17) is 10.5 Å². The number of pyridine rings is 1. The number of hydrogen-bond donors (Lipinski definition) is 2. The number of nitrogen functional groups attached to an aromatic ring is 1. The van der Waals surface area contributed by atoms with E-state index in [-0.39, 0.29) is 19.1 Å². The third kappa shape index (κ3) is 3.40. The van der Waals surface area contributed by atoms with E-state index in [0.29, 0.717) is 22.6 Å². The number of rotatable bonds is 4. The van der Waals surface area contributed by atoms with Crippen molar-refractivity contribution in [3.8, 4) is 0 Å². The molecular formula is C14H17N5O3. The molecule has 0 aliphatic heterocycles. The molecule has 2 rings (SSSR count). The average molecular weight is 303 g/mol. The van der Waals surface area contributed by atoms with Gasteiger partial charge >= 0.3 is 6.09 Å². The molecule has 3 N–H and O–H groups in total. The normalized spacial score (nSPS) is 10.3. The Bertz CT molecular complexity index is 696. The van der Waals surface area contributed by atoms with Crippen LogP contribution in [0.5, 0.6) is 0 Å². The van der Waals surface area contributed by atoms with Crippen molar-refractivity contribution >= 4 is 17.7 Å². The molecule has 2 aromatic heterocycles. The fourth-order valence-corrected chi connectivity index (χ4v) is 1.80. The van der Waals surface area contributed by atoms with E-state index in [9.17, 15) is 9.59 Å². The number of carbonyl (C=O) groups is 2. The first-order chi connectivity index (χ1) is 10.5. The molecule has 1 amide bonds. The SMILES string of the molecule is CCOC(=O)NCc1cc(C(=O)n2ncc(N)c2C)ccn1.